The number of aromatic nitrogens is 3. The van der Waals surface area contributed by atoms with Crippen LogP contribution in [-0.2, 0) is 11.2 Å². The molecule has 1 N–H and O–H groups in total. The molecule has 0 aliphatic rings. The second kappa shape index (κ2) is 7.46. The molecule has 27 heavy (non-hydrogen) atoms. The van der Waals surface area contributed by atoms with Gasteiger partial charge in [-0.05, 0) is 30.9 Å². The van der Waals surface area contributed by atoms with Gasteiger partial charge in [-0.1, -0.05) is 35.9 Å². The normalized spacial score (nSPS) is 10.9. The third-order valence-electron chi connectivity index (χ3n) is 3.99. The van der Waals surface area contributed by atoms with Gasteiger partial charge in [0.2, 0.25) is 11.0 Å². The number of rotatable bonds is 5. The zero-order valence-electron chi connectivity index (χ0n) is 15.0. The van der Waals surface area contributed by atoms with Gasteiger partial charge in [0, 0.05) is 11.4 Å². The zero-order valence-corrected chi connectivity index (χ0v) is 16.6. The number of anilines is 1. The molecule has 3 aromatic heterocycles. The molecule has 5 nitrogen and oxygen atoms in total. The number of benzene rings is 1. The van der Waals surface area contributed by atoms with Gasteiger partial charge >= 0.3 is 0 Å². The van der Waals surface area contributed by atoms with Crippen molar-refractivity contribution in [2.45, 2.75) is 20.3 Å². The summed E-state index contributed by atoms with van der Waals surface area (Å²) in [5, 5.41) is 12.3. The van der Waals surface area contributed by atoms with E-state index in [1.165, 1.54) is 11.3 Å². The van der Waals surface area contributed by atoms with Gasteiger partial charge < -0.3 is 5.32 Å². The number of amides is 1. The molecule has 3 heterocycles. The number of thiophene rings is 1. The summed E-state index contributed by atoms with van der Waals surface area (Å²) in [4.78, 5) is 18.3. The lowest BCUT2D eigenvalue weighted by Gasteiger charge is -2.07. The first-order valence-electron chi connectivity index (χ1n) is 8.50. The molecule has 1 aromatic carbocycles. The van der Waals surface area contributed by atoms with Gasteiger partial charge in [-0.2, -0.15) is 9.78 Å². The first-order chi connectivity index (χ1) is 13.1. The predicted octanol–water partition coefficient (Wildman–Crippen LogP) is 4.86. The van der Waals surface area contributed by atoms with Crippen LogP contribution in [0.2, 0.25) is 0 Å². The van der Waals surface area contributed by atoms with Crippen LogP contribution in [-0.4, -0.2) is 20.7 Å². The Morgan fingerprint density at radius 2 is 2.04 bits per heavy atom. The minimum absolute atomic E-state index is 0.0724. The molecule has 0 saturated heterocycles. The molecule has 4 aromatic rings. The zero-order chi connectivity index (χ0) is 18.8. The van der Waals surface area contributed by atoms with Gasteiger partial charge in [0.05, 0.1) is 22.7 Å². The van der Waals surface area contributed by atoms with E-state index in [0.29, 0.717) is 12.2 Å². The minimum Gasteiger partial charge on any atom is -0.310 e. The summed E-state index contributed by atoms with van der Waals surface area (Å²) in [6.07, 6.45) is 0.324. The maximum atomic E-state index is 12.5. The molecule has 0 aliphatic heterocycles. The van der Waals surface area contributed by atoms with Crippen molar-refractivity contribution in [3.8, 4) is 15.7 Å². The molecule has 0 atom stereocenters. The van der Waals surface area contributed by atoms with E-state index < -0.39 is 0 Å². The number of nitrogens with one attached hydrogen (secondary N) is 1. The Balaban J connectivity index is 1.55. The number of carbonyl (C=O) groups excluding carboxylic acids is 1. The van der Waals surface area contributed by atoms with Gasteiger partial charge in [0.25, 0.3) is 0 Å². The Kier molecular flexibility index (Phi) is 4.87. The molecule has 0 fully saturated rings. The third kappa shape index (κ3) is 3.99. The Morgan fingerprint density at radius 1 is 1.15 bits per heavy atom. The van der Waals surface area contributed by atoms with Crippen LogP contribution in [0.25, 0.3) is 15.7 Å². The first kappa shape index (κ1) is 17.6. The summed E-state index contributed by atoms with van der Waals surface area (Å²) in [6, 6.07) is 13.9. The van der Waals surface area contributed by atoms with Crippen molar-refractivity contribution < 1.29 is 4.79 Å². The van der Waals surface area contributed by atoms with E-state index in [-0.39, 0.29) is 5.91 Å². The number of aryl methyl sites for hydroxylation is 2. The van der Waals surface area contributed by atoms with Gasteiger partial charge in [0.15, 0.2) is 0 Å². The Labute approximate surface area is 165 Å². The average molecular weight is 395 g/mol. The van der Waals surface area contributed by atoms with Crippen LogP contribution in [0.15, 0.2) is 53.2 Å². The van der Waals surface area contributed by atoms with Crippen molar-refractivity contribution in [1.29, 1.82) is 0 Å². The van der Waals surface area contributed by atoms with Crippen molar-refractivity contribution in [3.63, 3.8) is 0 Å². The van der Waals surface area contributed by atoms with Gasteiger partial charge in [0.1, 0.15) is 5.82 Å². The first-order valence-corrected chi connectivity index (χ1v) is 10.3. The quantitative estimate of drug-likeness (QED) is 0.526. The molecule has 0 spiro atoms. The van der Waals surface area contributed by atoms with Crippen molar-refractivity contribution in [2.24, 2.45) is 0 Å². The van der Waals surface area contributed by atoms with E-state index >= 15 is 0 Å². The Bertz CT molecular complexity index is 1080. The summed E-state index contributed by atoms with van der Waals surface area (Å²) in [6.45, 7) is 3.92. The molecule has 0 bridgehead atoms. The molecular weight excluding hydrogens is 376 g/mol. The molecule has 0 unspecified atom stereocenters. The van der Waals surface area contributed by atoms with Crippen molar-refractivity contribution in [3.05, 3.63) is 70.0 Å². The lowest BCUT2D eigenvalue weighted by molar-refractivity contribution is -0.115. The maximum absolute atomic E-state index is 12.5. The molecule has 0 aliphatic carbocycles. The van der Waals surface area contributed by atoms with Crippen LogP contribution in [0, 0.1) is 13.8 Å². The third-order valence-corrected chi connectivity index (χ3v) is 5.70. The summed E-state index contributed by atoms with van der Waals surface area (Å²) in [7, 11) is 0. The standard InChI is InChI=1S/C20H18N4OS2/c1-13-5-3-6-15(9-13)11-19(25)22-18-10-14(2)23-24(18)20-21-16(12-27-20)17-7-4-8-26-17/h3-10,12H,11H2,1-2H3,(H,22,25). The number of thiazole rings is 1. The number of nitrogens with zero attached hydrogens (tertiary/aromatic N) is 3. The number of hydrogen-bond acceptors (Lipinski definition) is 5. The average Bonchev–Trinajstić information content (AvgIpc) is 3.34. The fourth-order valence-electron chi connectivity index (χ4n) is 2.83. The molecule has 0 radical (unpaired) electrons. The summed E-state index contributed by atoms with van der Waals surface area (Å²) >= 11 is 3.16. The van der Waals surface area contributed by atoms with Gasteiger partial charge in [-0.25, -0.2) is 4.98 Å². The highest BCUT2D eigenvalue weighted by Gasteiger charge is 2.15. The smallest absolute Gasteiger partial charge is 0.229 e. The lowest BCUT2D eigenvalue weighted by atomic mass is 10.1. The Hall–Kier alpha value is -2.77. The van der Waals surface area contributed by atoms with Crippen molar-refractivity contribution in [2.75, 3.05) is 5.32 Å². The topological polar surface area (TPSA) is 59.8 Å². The van der Waals surface area contributed by atoms with Crippen LogP contribution in [0.1, 0.15) is 16.8 Å². The van der Waals surface area contributed by atoms with Crippen molar-refractivity contribution >= 4 is 34.4 Å². The fourth-order valence-corrected chi connectivity index (χ4v) is 4.38. The van der Waals surface area contributed by atoms with E-state index in [2.05, 4.69) is 15.4 Å². The van der Waals surface area contributed by atoms with E-state index in [0.717, 1.165) is 32.5 Å². The van der Waals surface area contributed by atoms with E-state index in [4.69, 9.17) is 0 Å². The predicted molar refractivity (Wildman–Crippen MR) is 111 cm³/mol. The van der Waals surface area contributed by atoms with Crippen molar-refractivity contribution in [1.82, 2.24) is 14.8 Å². The van der Waals surface area contributed by atoms with E-state index in [9.17, 15) is 4.79 Å². The van der Waals surface area contributed by atoms with Crippen LogP contribution in [0.5, 0.6) is 0 Å². The molecular formula is C20H18N4OS2. The SMILES string of the molecule is Cc1cccc(CC(=O)Nc2cc(C)nn2-c2nc(-c3cccs3)cs2)c1. The number of hydrogen-bond donors (Lipinski definition) is 1. The fraction of sp³-hybridized carbons (Fsp3) is 0.150. The van der Waals surface area contributed by atoms with E-state index in [1.54, 1.807) is 16.0 Å². The molecule has 136 valence electrons. The van der Waals surface area contributed by atoms with Crippen LogP contribution in [0.4, 0.5) is 5.82 Å². The lowest BCUT2D eigenvalue weighted by Crippen LogP contribution is -2.17. The molecule has 1 amide bonds. The highest BCUT2D eigenvalue weighted by molar-refractivity contribution is 7.15. The van der Waals surface area contributed by atoms with Crippen LogP contribution < -0.4 is 5.32 Å². The van der Waals surface area contributed by atoms with Crippen LogP contribution in [0.3, 0.4) is 0 Å². The molecule has 7 heteroatoms. The molecule has 0 saturated carbocycles. The van der Waals surface area contributed by atoms with Gasteiger partial charge in [-0.3, -0.25) is 4.79 Å². The second-order valence-corrected chi connectivity index (χ2v) is 8.07. The Morgan fingerprint density at radius 3 is 2.81 bits per heavy atom. The second-order valence-electron chi connectivity index (χ2n) is 6.29. The number of carbonyl (C=O) groups is 1. The maximum Gasteiger partial charge on any atom is 0.229 e. The summed E-state index contributed by atoms with van der Waals surface area (Å²) in [5.74, 6) is 0.564. The highest BCUT2D eigenvalue weighted by atomic mass is 32.1. The van der Waals surface area contributed by atoms with E-state index in [1.807, 2.05) is 67.1 Å². The van der Waals surface area contributed by atoms with Gasteiger partial charge in [-0.15, -0.1) is 22.7 Å². The summed E-state index contributed by atoms with van der Waals surface area (Å²) < 4.78 is 1.70. The monoisotopic (exact) mass is 394 g/mol. The highest BCUT2D eigenvalue weighted by Crippen LogP contribution is 2.29. The summed E-state index contributed by atoms with van der Waals surface area (Å²) in [5.41, 5.74) is 3.89. The molecule has 4 rings (SSSR count). The largest absolute Gasteiger partial charge is 0.310 e. The van der Waals surface area contributed by atoms with Crippen LogP contribution >= 0.6 is 22.7 Å². The minimum atomic E-state index is -0.0724.